The van der Waals surface area contributed by atoms with Crippen LogP contribution < -0.4 is 0 Å². The van der Waals surface area contributed by atoms with Gasteiger partial charge in [-0.2, -0.15) is 0 Å². The van der Waals surface area contributed by atoms with Crippen LogP contribution in [-0.2, 0) is 27.4 Å². The summed E-state index contributed by atoms with van der Waals surface area (Å²) in [6.07, 6.45) is 2.73. The van der Waals surface area contributed by atoms with Crippen molar-refractivity contribution in [3.63, 3.8) is 0 Å². The van der Waals surface area contributed by atoms with Gasteiger partial charge in [-0.25, -0.2) is 0 Å². The predicted molar refractivity (Wildman–Crippen MR) is 96.0 cm³/mol. The first-order valence-corrected chi connectivity index (χ1v) is 8.56. The van der Waals surface area contributed by atoms with Crippen molar-refractivity contribution in [1.82, 2.24) is 0 Å². The maximum atomic E-state index is 10.1. The molecule has 3 rings (SSSR count). The molecule has 0 bridgehead atoms. The van der Waals surface area contributed by atoms with Gasteiger partial charge in [0, 0.05) is 0 Å². The van der Waals surface area contributed by atoms with E-state index < -0.39 is 6.10 Å². The van der Waals surface area contributed by atoms with Crippen molar-refractivity contribution in [2.45, 2.75) is 31.5 Å². The second kappa shape index (κ2) is 9.49. The van der Waals surface area contributed by atoms with Gasteiger partial charge in [0.1, 0.15) is 18.3 Å². The summed E-state index contributed by atoms with van der Waals surface area (Å²) in [5, 5.41) is 10.1. The minimum atomic E-state index is -0.620. The Hall–Kier alpha value is -1.98. The Kier molecular flexibility index (Phi) is 6.77. The van der Waals surface area contributed by atoms with Crippen LogP contribution in [-0.4, -0.2) is 36.6 Å². The van der Waals surface area contributed by atoms with Gasteiger partial charge >= 0.3 is 0 Å². The van der Waals surface area contributed by atoms with Gasteiger partial charge in [-0.1, -0.05) is 72.8 Å². The molecule has 1 heterocycles. The van der Waals surface area contributed by atoms with Crippen LogP contribution in [0, 0.1) is 0 Å². The highest BCUT2D eigenvalue weighted by Crippen LogP contribution is 2.26. The molecule has 2 aromatic rings. The Labute approximate surface area is 148 Å². The third-order valence-electron chi connectivity index (χ3n) is 4.01. The van der Waals surface area contributed by atoms with E-state index in [-0.39, 0.29) is 12.2 Å². The van der Waals surface area contributed by atoms with Crippen molar-refractivity contribution in [1.29, 1.82) is 0 Å². The molecule has 1 aliphatic heterocycles. The first-order chi connectivity index (χ1) is 12.3. The second-order valence-electron chi connectivity index (χ2n) is 6.06. The van der Waals surface area contributed by atoms with Gasteiger partial charge in [0.05, 0.1) is 26.4 Å². The van der Waals surface area contributed by atoms with E-state index in [1.165, 1.54) is 0 Å². The zero-order valence-electron chi connectivity index (χ0n) is 14.2. The van der Waals surface area contributed by atoms with E-state index in [1.807, 2.05) is 66.7 Å². The number of epoxide rings is 1. The van der Waals surface area contributed by atoms with E-state index in [0.717, 1.165) is 11.1 Å². The van der Waals surface area contributed by atoms with Gasteiger partial charge in [-0.3, -0.25) is 0 Å². The molecular weight excluding hydrogens is 316 g/mol. The Morgan fingerprint density at radius 3 is 2.16 bits per heavy atom. The Balaban J connectivity index is 1.27. The number of hydrogen-bond acceptors (Lipinski definition) is 4. The molecule has 1 saturated heterocycles. The summed E-state index contributed by atoms with van der Waals surface area (Å²) >= 11 is 0. The molecule has 4 nitrogen and oxygen atoms in total. The highest BCUT2D eigenvalue weighted by atomic mass is 16.6. The molecular formula is C21H24O4. The molecule has 4 heteroatoms. The number of ether oxygens (including phenoxy) is 3. The van der Waals surface area contributed by atoms with Crippen LogP contribution in [0.5, 0.6) is 0 Å². The molecule has 0 aliphatic carbocycles. The molecule has 0 amide bonds. The zero-order valence-corrected chi connectivity index (χ0v) is 14.2. The standard InChI is InChI=1S/C21H24O4/c22-19(12-7-13-23-14-17-8-3-1-4-9-17)21-20(25-21)16-24-15-18-10-5-2-6-11-18/h1-12,19-22H,13-16H2/b12-7+/t19-,20-,21-/m1/s1. The third kappa shape index (κ3) is 6.11. The fourth-order valence-electron chi connectivity index (χ4n) is 2.58. The van der Waals surface area contributed by atoms with Gasteiger partial charge in [0.25, 0.3) is 0 Å². The lowest BCUT2D eigenvalue weighted by Gasteiger charge is -2.04. The largest absolute Gasteiger partial charge is 0.386 e. The number of benzene rings is 2. The Bertz CT molecular complexity index is 641. The molecule has 0 unspecified atom stereocenters. The van der Waals surface area contributed by atoms with Crippen LogP contribution in [0.4, 0.5) is 0 Å². The molecule has 132 valence electrons. The molecule has 3 atom stereocenters. The zero-order chi connectivity index (χ0) is 17.3. The number of rotatable bonds is 10. The molecule has 0 radical (unpaired) electrons. The van der Waals surface area contributed by atoms with Crippen LogP contribution >= 0.6 is 0 Å². The van der Waals surface area contributed by atoms with Gasteiger partial charge < -0.3 is 19.3 Å². The van der Waals surface area contributed by atoms with Crippen molar-refractivity contribution < 1.29 is 19.3 Å². The van der Waals surface area contributed by atoms with Crippen LogP contribution in [0.2, 0.25) is 0 Å². The van der Waals surface area contributed by atoms with Crippen molar-refractivity contribution >= 4 is 0 Å². The van der Waals surface area contributed by atoms with Crippen LogP contribution in [0.3, 0.4) is 0 Å². The van der Waals surface area contributed by atoms with Gasteiger partial charge in [0.2, 0.25) is 0 Å². The van der Waals surface area contributed by atoms with E-state index in [4.69, 9.17) is 14.2 Å². The van der Waals surface area contributed by atoms with Crippen molar-refractivity contribution in [3.8, 4) is 0 Å². The minimum Gasteiger partial charge on any atom is -0.386 e. The Morgan fingerprint density at radius 2 is 1.52 bits per heavy atom. The van der Waals surface area contributed by atoms with Gasteiger partial charge in [-0.15, -0.1) is 0 Å². The number of aliphatic hydroxyl groups is 1. The average Bonchev–Trinajstić information content (AvgIpc) is 3.43. The van der Waals surface area contributed by atoms with E-state index in [9.17, 15) is 5.11 Å². The van der Waals surface area contributed by atoms with Gasteiger partial charge in [-0.05, 0) is 11.1 Å². The third-order valence-corrected chi connectivity index (χ3v) is 4.01. The number of hydrogen-bond donors (Lipinski definition) is 1. The average molecular weight is 340 g/mol. The lowest BCUT2D eigenvalue weighted by molar-refractivity contribution is 0.104. The highest BCUT2D eigenvalue weighted by Gasteiger charge is 2.43. The lowest BCUT2D eigenvalue weighted by atomic mass is 10.2. The van der Waals surface area contributed by atoms with E-state index >= 15 is 0 Å². The fraction of sp³-hybridized carbons (Fsp3) is 0.333. The van der Waals surface area contributed by atoms with Gasteiger partial charge in [0.15, 0.2) is 0 Å². The summed E-state index contributed by atoms with van der Waals surface area (Å²) in [5.41, 5.74) is 2.27. The summed E-state index contributed by atoms with van der Waals surface area (Å²) in [6, 6.07) is 20.0. The van der Waals surface area contributed by atoms with Crippen molar-refractivity contribution in [2.24, 2.45) is 0 Å². The molecule has 0 aromatic heterocycles. The summed E-state index contributed by atoms with van der Waals surface area (Å²) < 4.78 is 16.7. The molecule has 0 spiro atoms. The molecule has 1 aliphatic rings. The van der Waals surface area contributed by atoms with Crippen LogP contribution in [0.25, 0.3) is 0 Å². The quantitative estimate of drug-likeness (QED) is 0.410. The van der Waals surface area contributed by atoms with E-state index in [2.05, 4.69) is 0 Å². The molecule has 1 fully saturated rings. The first-order valence-electron chi connectivity index (χ1n) is 8.56. The maximum absolute atomic E-state index is 10.1. The smallest absolute Gasteiger partial charge is 0.116 e. The highest BCUT2D eigenvalue weighted by molar-refractivity contribution is 5.14. The second-order valence-corrected chi connectivity index (χ2v) is 6.06. The normalized spacial score (nSPS) is 20.7. The van der Waals surface area contributed by atoms with Crippen molar-refractivity contribution in [2.75, 3.05) is 13.2 Å². The van der Waals surface area contributed by atoms with Crippen LogP contribution in [0.15, 0.2) is 72.8 Å². The Morgan fingerprint density at radius 1 is 0.920 bits per heavy atom. The summed E-state index contributed by atoms with van der Waals surface area (Å²) in [5.74, 6) is 0. The summed E-state index contributed by atoms with van der Waals surface area (Å²) in [4.78, 5) is 0. The first kappa shape index (κ1) is 17.8. The van der Waals surface area contributed by atoms with E-state index in [0.29, 0.717) is 26.4 Å². The topological polar surface area (TPSA) is 51.2 Å². The summed E-state index contributed by atoms with van der Waals surface area (Å²) in [7, 11) is 0. The minimum absolute atomic E-state index is 0.0337. The van der Waals surface area contributed by atoms with Crippen molar-refractivity contribution in [3.05, 3.63) is 83.9 Å². The lowest BCUT2D eigenvalue weighted by Crippen LogP contribution is -2.16. The molecule has 25 heavy (non-hydrogen) atoms. The molecule has 2 aromatic carbocycles. The molecule has 0 saturated carbocycles. The van der Waals surface area contributed by atoms with Crippen LogP contribution in [0.1, 0.15) is 11.1 Å². The maximum Gasteiger partial charge on any atom is 0.116 e. The fourth-order valence-corrected chi connectivity index (χ4v) is 2.58. The van der Waals surface area contributed by atoms with E-state index in [1.54, 1.807) is 6.08 Å². The predicted octanol–water partition coefficient (Wildman–Crippen LogP) is 3.10. The molecule has 1 N–H and O–H groups in total. The number of aliphatic hydroxyl groups excluding tert-OH is 1. The SMILES string of the molecule is O[C@H](/C=C/COCc1ccccc1)[C@H]1O[C@@H]1COCc1ccccc1. The monoisotopic (exact) mass is 340 g/mol. The summed E-state index contributed by atoms with van der Waals surface area (Å²) in [6.45, 7) is 2.09.